The Morgan fingerprint density at radius 1 is 0.932 bits per heavy atom. The summed E-state index contributed by atoms with van der Waals surface area (Å²) < 4.78 is 18.3. The van der Waals surface area contributed by atoms with E-state index in [2.05, 4.69) is 68.4 Å². The van der Waals surface area contributed by atoms with Crippen LogP contribution in [0.2, 0.25) is 0 Å². The number of carboxylic acid groups (broad SMARTS) is 1. The van der Waals surface area contributed by atoms with Gasteiger partial charge >= 0.3 is 18.0 Å². The van der Waals surface area contributed by atoms with Gasteiger partial charge in [0.2, 0.25) is 11.8 Å². The lowest BCUT2D eigenvalue weighted by Crippen LogP contribution is -2.66. The normalized spacial score (nSPS) is 33.9. The second kappa shape index (κ2) is 14.9. The second-order valence-corrected chi connectivity index (χ2v) is 21.3. The molecule has 2 aromatic heterocycles. The van der Waals surface area contributed by atoms with Crippen LogP contribution < -0.4 is 9.64 Å². The maximum absolute atomic E-state index is 14.4. The average molecular weight is 817 g/mol. The highest BCUT2D eigenvalue weighted by Gasteiger charge is 2.71. The third kappa shape index (κ3) is 6.80. The van der Waals surface area contributed by atoms with Crippen molar-refractivity contribution in [3.8, 4) is 5.75 Å². The van der Waals surface area contributed by atoms with Crippen LogP contribution in [-0.4, -0.2) is 88.3 Å². The Kier molecular flexibility index (Phi) is 10.9. The minimum Gasteiger partial charge on any atom is -0.494 e. The van der Waals surface area contributed by atoms with Crippen molar-refractivity contribution in [1.29, 1.82) is 0 Å². The van der Waals surface area contributed by atoms with E-state index in [1.165, 1.54) is 5.57 Å². The Labute approximate surface area is 350 Å². The van der Waals surface area contributed by atoms with Crippen molar-refractivity contribution < 1.29 is 33.4 Å². The highest BCUT2D eigenvalue weighted by Crippen LogP contribution is 2.77. The lowest BCUT2D eigenvalue weighted by atomic mass is 9.33. The molecule has 0 aromatic carbocycles. The van der Waals surface area contributed by atoms with E-state index in [9.17, 15) is 19.5 Å². The molecule has 8 atom stereocenters. The summed E-state index contributed by atoms with van der Waals surface area (Å²) in [7, 11) is 5.61. The lowest BCUT2D eigenvalue weighted by molar-refractivity contribution is -0.232. The first kappa shape index (κ1) is 43.2. The molecular weight excluding hydrogens is 749 g/mol. The van der Waals surface area contributed by atoms with E-state index >= 15 is 0 Å². The molecular formula is C46H68N6O7. The maximum atomic E-state index is 14.4. The average Bonchev–Trinajstić information content (AvgIpc) is 3.76. The molecule has 0 spiro atoms. The van der Waals surface area contributed by atoms with Gasteiger partial charge in [0, 0.05) is 24.9 Å². The number of nitrogens with zero attached hydrogens (tertiary/aromatic N) is 6. The molecule has 0 amide bonds. The van der Waals surface area contributed by atoms with Gasteiger partial charge in [-0.25, -0.2) is 9.97 Å². The van der Waals surface area contributed by atoms with Crippen LogP contribution in [-0.2, 0) is 24.5 Å². The lowest BCUT2D eigenvalue weighted by Gasteiger charge is -2.72. The molecule has 5 aliphatic rings. The number of aliphatic carboxylic acids is 1. The number of hydrogen-bond acceptors (Lipinski definition) is 12. The van der Waals surface area contributed by atoms with Crippen LogP contribution in [0.3, 0.4) is 0 Å². The fourth-order valence-electron chi connectivity index (χ4n) is 13.4. The number of rotatable bonds is 12. The van der Waals surface area contributed by atoms with Crippen molar-refractivity contribution in [2.24, 2.45) is 50.7 Å². The first-order valence-electron chi connectivity index (χ1n) is 21.9. The van der Waals surface area contributed by atoms with Gasteiger partial charge in [0.05, 0.1) is 36.8 Å². The third-order valence-corrected chi connectivity index (χ3v) is 16.7. The Hall–Kier alpha value is -3.87. The fourth-order valence-corrected chi connectivity index (χ4v) is 13.4. The molecule has 13 heteroatoms. The van der Waals surface area contributed by atoms with Crippen LogP contribution in [0.5, 0.6) is 5.75 Å². The number of carboxylic acids is 1. The van der Waals surface area contributed by atoms with Gasteiger partial charge in [0.25, 0.3) is 0 Å². The number of carbonyl (C=O) groups is 3. The summed E-state index contributed by atoms with van der Waals surface area (Å²) in [5.74, 6) is 1.33. The SMILES string of the molecule is COc1cnc(N(CCN(C)C)c2nnc([C@@]34CC[C@]5(C)[C@H](CC[C@@H]6[C@@]7(C)CC[C@H](OC(=O)CC(C)(C)C(=O)O)C(C)(C)[C@@H]7CC[C@]65C)C3=C(C(C)C)C(=O)C4)o2)nc1. The Morgan fingerprint density at radius 2 is 1.63 bits per heavy atom. The van der Waals surface area contributed by atoms with Crippen LogP contribution in [0.15, 0.2) is 28.0 Å². The first-order chi connectivity index (χ1) is 27.6. The van der Waals surface area contributed by atoms with E-state index in [1.54, 1.807) is 33.4 Å². The van der Waals surface area contributed by atoms with E-state index in [4.69, 9.17) is 19.0 Å². The molecule has 0 aliphatic heterocycles. The molecule has 59 heavy (non-hydrogen) atoms. The first-order valence-corrected chi connectivity index (χ1v) is 21.9. The molecule has 4 fully saturated rings. The van der Waals surface area contributed by atoms with Crippen molar-refractivity contribution in [3.05, 3.63) is 29.4 Å². The molecule has 0 bridgehead atoms. The monoisotopic (exact) mass is 817 g/mol. The van der Waals surface area contributed by atoms with E-state index in [0.717, 1.165) is 56.9 Å². The van der Waals surface area contributed by atoms with Crippen LogP contribution in [0.25, 0.3) is 0 Å². The number of anilines is 2. The fraction of sp³-hybridized carbons (Fsp3) is 0.761. The zero-order valence-electron chi connectivity index (χ0n) is 37.6. The summed E-state index contributed by atoms with van der Waals surface area (Å²) in [5.41, 5.74) is 0.0632. The van der Waals surface area contributed by atoms with E-state index in [-0.39, 0.29) is 51.8 Å². The maximum Gasteiger partial charge on any atom is 0.325 e. The molecule has 1 N–H and O–H groups in total. The van der Waals surface area contributed by atoms with Crippen LogP contribution in [0.4, 0.5) is 12.0 Å². The van der Waals surface area contributed by atoms with Gasteiger partial charge in [-0.3, -0.25) is 19.3 Å². The van der Waals surface area contributed by atoms with Gasteiger partial charge in [-0.05, 0) is 130 Å². The summed E-state index contributed by atoms with van der Waals surface area (Å²) in [6, 6.07) is 0.316. The number of esters is 1. The Bertz CT molecular complexity index is 1990. The summed E-state index contributed by atoms with van der Waals surface area (Å²) in [4.78, 5) is 52.4. The van der Waals surface area contributed by atoms with Gasteiger partial charge < -0.3 is 23.9 Å². The molecule has 324 valence electrons. The quantitative estimate of drug-likeness (QED) is 0.204. The smallest absolute Gasteiger partial charge is 0.325 e. The predicted molar refractivity (Wildman–Crippen MR) is 223 cm³/mol. The molecule has 2 aromatic rings. The molecule has 2 heterocycles. The minimum atomic E-state index is -1.18. The summed E-state index contributed by atoms with van der Waals surface area (Å²) >= 11 is 0. The topological polar surface area (TPSA) is 161 Å². The van der Waals surface area contributed by atoms with E-state index in [1.807, 2.05) is 19.0 Å². The summed E-state index contributed by atoms with van der Waals surface area (Å²) in [6.45, 7) is 20.8. The van der Waals surface area contributed by atoms with Gasteiger partial charge in [0.15, 0.2) is 11.5 Å². The van der Waals surface area contributed by atoms with Crippen molar-refractivity contribution in [3.63, 3.8) is 0 Å². The van der Waals surface area contributed by atoms with E-state index in [0.29, 0.717) is 54.9 Å². The summed E-state index contributed by atoms with van der Waals surface area (Å²) in [6.07, 6.45) is 10.7. The third-order valence-electron chi connectivity index (χ3n) is 16.7. The van der Waals surface area contributed by atoms with Crippen LogP contribution in [0.1, 0.15) is 132 Å². The molecule has 0 unspecified atom stereocenters. The van der Waals surface area contributed by atoms with Crippen LogP contribution >= 0.6 is 0 Å². The standard InChI is InChI=1S/C46H68N6O7/c1-27(2)35-30(53)23-46(37-49-50-40(59-37)52(22-21-51(10)11)39-47-25-28(57-12)26-48-39)20-19-44(8)29(36(35)46)13-14-32-43(7)17-16-33(58-34(54)24-41(3,4)38(55)56)42(5,6)31(43)15-18-45(32,44)9/h25-27,29,31-33H,13-24H2,1-12H3,(H,55,56)/t29-,31+,32-,33+,43+,44-,45-,46-/m1/s1. The Balaban J connectivity index is 1.20. The highest BCUT2D eigenvalue weighted by molar-refractivity contribution is 6.01. The number of ether oxygens (including phenoxy) is 2. The predicted octanol–water partition coefficient (Wildman–Crippen LogP) is 8.21. The number of fused-ring (bicyclic) bond motifs is 7. The number of Topliss-reactive ketones (excluding diaryl/α,β-unsaturated/α-hetero) is 1. The molecule has 0 radical (unpaired) electrons. The zero-order chi connectivity index (χ0) is 43.1. The Morgan fingerprint density at radius 3 is 2.25 bits per heavy atom. The van der Waals surface area contributed by atoms with Crippen molar-refractivity contribution in [1.82, 2.24) is 25.1 Å². The van der Waals surface area contributed by atoms with Gasteiger partial charge in [-0.2, -0.15) is 0 Å². The largest absolute Gasteiger partial charge is 0.494 e. The van der Waals surface area contributed by atoms with Gasteiger partial charge in [0.1, 0.15) is 6.10 Å². The summed E-state index contributed by atoms with van der Waals surface area (Å²) in [5, 5.41) is 19.1. The van der Waals surface area contributed by atoms with E-state index < -0.39 is 22.8 Å². The number of likely N-dealkylation sites (N-methyl/N-ethyl adjacent to an activating group) is 1. The number of hydrogen-bond donors (Lipinski definition) is 1. The zero-order valence-corrected chi connectivity index (χ0v) is 37.6. The number of carbonyl (C=O) groups excluding carboxylic acids is 2. The molecule has 0 saturated heterocycles. The molecule has 5 aliphatic carbocycles. The van der Waals surface area contributed by atoms with Gasteiger partial charge in [-0.1, -0.05) is 53.6 Å². The number of ketones is 1. The van der Waals surface area contributed by atoms with Crippen molar-refractivity contribution >= 4 is 29.7 Å². The second-order valence-electron chi connectivity index (χ2n) is 21.3. The molecule has 7 rings (SSSR count). The molecule has 4 saturated carbocycles. The van der Waals surface area contributed by atoms with Crippen molar-refractivity contribution in [2.75, 3.05) is 39.2 Å². The van der Waals surface area contributed by atoms with Gasteiger partial charge in [-0.15, -0.1) is 5.10 Å². The highest BCUT2D eigenvalue weighted by atomic mass is 16.5. The van der Waals surface area contributed by atoms with Crippen molar-refractivity contribution in [2.45, 2.75) is 138 Å². The minimum absolute atomic E-state index is 0.00778. The number of aromatic nitrogens is 4. The van der Waals surface area contributed by atoms with Crippen LogP contribution in [0, 0.1) is 50.7 Å². The molecule has 13 nitrogen and oxygen atoms in total. The number of methoxy groups -OCH3 is 1. The number of allylic oxidation sites excluding steroid dienone is 2.